The van der Waals surface area contributed by atoms with Crippen molar-refractivity contribution in [3.63, 3.8) is 0 Å². The van der Waals surface area contributed by atoms with Gasteiger partial charge in [-0.25, -0.2) is 0 Å². The standard InChI is InChI=1S/C32H50O3/c1-19(2)23-18-24(34)27-30(23,7)16-17-31(8)22-10-11-25-28(4,5)26(35-20(3)33)13-14-29(25,6)21(22)12-15-32(27,31)9/h12,19,22-23,25-27H,10-11,13-18H2,1-9H3. The molecule has 0 saturated heterocycles. The van der Waals surface area contributed by atoms with Gasteiger partial charge in [0, 0.05) is 24.7 Å². The Morgan fingerprint density at radius 2 is 1.66 bits per heavy atom. The summed E-state index contributed by atoms with van der Waals surface area (Å²) in [5, 5.41) is 0. The van der Waals surface area contributed by atoms with E-state index in [1.807, 2.05) is 0 Å². The topological polar surface area (TPSA) is 43.4 Å². The summed E-state index contributed by atoms with van der Waals surface area (Å²) in [6.07, 6.45) is 11.4. The monoisotopic (exact) mass is 482 g/mol. The average molecular weight is 483 g/mol. The van der Waals surface area contributed by atoms with E-state index in [1.165, 1.54) is 25.7 Å². The summed E-state index contributed by atoms with van der Waals surface area (Å²) in [5.41, 5.74) is 2.20. The number of carbonyl (C=O) groups excluding carboxylic acids is 2. The van der Waals surface area contributed by atoms with Crippen LogP contribution in [0.4, 0.5) is 0 Å². The van der Waals surface area contributed by atoms with E-state index in [0.717, 1.165) is 25.7 Å². The molecule has 0 spiro atoms. The lowest BCUT2D eigenvalue weighted by atomic mass is 9.35. The highest BCUT2D eigenvalue weighted by atomic mass is 16.5. The second-order valence-electron chi connectivity index (χ2n) is 15.2. The first-order valence-electron chi connectivity index (χ1n) is 14.5. The van der Waals surface area contributed by atoms with Crippen LogP contribution < -0.4 is 0 Å². The Morgan fingerprint density at radius 3 is 2.29 bits per heavy atom. The third-order valence-electron chi connectivity index (χ3n) is 13.2. The molecule has 0 radical (unpaired) electrons. The molecule has 0 aliphatic heterocycles. The number of ether oxygens (including phenoxy) is 1. The molecule has 5 aliphatic rings. The highest BCUT2D eigenvalue weighted by molar-refractivity contribution is 5.86. The van der Waals surface area contributed by atoms with Crippen LogP contribution in [-0.2, 0) is 14.3 Å². The van der Waals surface area contributed by atoms with Gasteiger partial charge in [0.25, 0.3) is 0 Å². The SMILES string of the molecule is CC(=O)OC1CCC2(C)C3=CCC4(C)C5C(=O)CC(C(C)C)C5(C)CCC4(C)C3CCC2C1(C)C. The van der Waals surface area contributed by atoms with Crippen molar-refractivity contribution in [2.45, 2.75) is 120 Å². The van der Waals surface area contributed by atoms with Crippen molar-refractivity contribution >= 4 is 11.8 Å². The van der Waals surface area contributed by atoms with Gasteiger partial charge in [-0.1, -0.05) is 67.0 Å². The van der Waals surface area contributed by atoms with Crippen molar-refractivity contribution in [2.24, 2.45) is 56.7 Å². The van der Waals surface area contributed by atoms with E-state index in [9.17, 15) is 9.59 Å². The zero-order chi connectivity index (χ0) is 25.8. The molecule has 3 heteroatoms. The smallest absolute Gasteiger partial charge is 0.302 e. The van der Waals surface area contributed by atoms with Crippen LogP contribution in [0.25, 0.3) is 0 Å². The van der Waals surface area contributed by atoms with Gasteiger partial charge in [0.2, 0.25) is 0 Å². The summed E-state index contributed by atoms with van der Waals surface area (Å²) in [5.74, 6) is 2.79. The third kappa shape index (κ3) is 3.14. The number of hydrogen-bond acceptors (Lipinski definition) is 3. The van der Waals surface area contributed by atoms with Crippen LogP contribution in [0.2, 0.25) is 0 Å². The van der Waals surface area contributed by atoms with Crippen LogP contribution in [-0.4, -0.2) is 17.9 Å². The maximum atomic E-state index is 13.7. The maximum absolute atomic E-state index is 13.7. The Balaban J connectivity index is 1.54. The summed E-state index contributed by atoms with van der Waals surface area (Å²) in [6, 6.07) is 0. The van der Waals surface area contributed by atoms with E-state index >= 15 is 0 Å². The third-order valence-corrected chi connectivity index (χ3v) is 13.2. The normalized spacial score (nSPS) is 50.5. The predicted molar refractivity (Wildman–Crippen MR) is 141 cm³/mol. The number of allylic oxidation sites excluding steroid dienone is 2. The first-order valence-corrected chi connectivity index (χ1v) is 14.5. The van der Waals surface area contributed by atoms with E-state index in [-0.39, 0.29) is 45.1 Å². The van der Waals surface area contributed by atoms with Gasteiger partial charge in [0.15, 0.2) is 0 Å². The zero-order valence-electron chi connectivity index (χ0n) is 23.9. The van der Waals surface area contributed by atoms with Crippen LogP contribution in [0.3, 0.4) is 0 Å². The van der Waals surface area contributed by atoms with Crippen LogP contribution in [0, 0.1) is 56.7 Å². The molecule has 5 rings (SSSR count). The minimum atomic E-state index is -0.147. The fraction of sp³-hybridized carbons (Fsp3) is 0.875. The number of esters is 1. The van der Waals surface area contributed by atoms with Gasteiger partial charge in [0.1, 0.15) is 11.9 Å². The van der Waals surface area contributed by atoms with E-state index in [1.54, 1.807) is 12.5 Å². The number of carbonyl (C=O) groups is 2. The van der Waals surface area contributed by atoms with Crippen LogP contribution >= 0.6 is 0 Å². The molecular formula is C32H50O3. The largest absolute Gasteiger partial charge is 0.462 e. The zero-order valence-corrected chi connectivity index (χ0v) is 23.9. The molecule has 0 heterocycles. The molecule has 4 fully saturated rings. The first-order chi connectivity index (χ1) is 16.1. The predicted octanol–water partition coefficient (Wildman–Crippen LogP) is 7.77. The average Bonchev–Trinajstić information content (AvgIpc) is 3.03. The van der Waals surface area contributed by atoms with Crippen LogP contribution in [0.1, 0.15) is 114 Å². The summed E-state index contributed by atoms with van der Waals surface area (Å²) >= 11 is 0. The lowest BCUT2D eigenvalue weighted by Crippen LogP contribution is -2.63. The lowest BCUT2D eigenvalue weighted by molar-refractivity contribution is -0.181. The van der Waals surface area contributed by atoms with Crippen molar-refractivity contribution in [1.82, 2.24) is 0 Å². The number of Topliss-reactive ketones (excluding diaryl/α,β-unsaturated/α-hetero) is 1. The Labute approximate surface area is 214 Å². The lowest BCUT2D eigenvalue weighted by Gasteiger charge is -2.68. The molecule has 196 valence electrons. The first kappa shape index (κ1) is 25.5. The molecule has 0 bridgehead atoms. The van der Waals surface area contributed by atoms with Crippen molar-refractivity contribution in [2.75, 3.05) is 0 Å². The van der Waals surface area contributed by atoms with E-state index in [2.05, 4.69) is 61.5 Å². The molecule has 9 atom stereocenters. The van der Waals surface area contributed by atoms with Gasteiger partial charge in [-0.2, -0.15) is 0 Å². The molecule has 4 saturated carbocycles. The Kier molecular flexibility index (Phi) is 5.62. The van der Waals surface area contributed by atoms with E-state index in [0.29, 0.717) is 29.5 Å². The van der Waals surface area contributed by atoms with Crippen molar-refractivity contribution in [1.29, 1.82) is 0 Å². The van der Waals surface area contributed by atoms with Crippen molar-refractivity contribution < 1.29 is 14.3 Å². The summed E-state index contributed by atoms with van der Waals surface area (Å²) < 4.78 is 5.86. The molecule has 5 aliphatic carbocycles. The summed E-state index contributed by atoms with van der Waals surface area (Å²) in [7, 11) is 0. The van der Waals surface area contributed by atoms with Crippen molar-refractivity contribution in [3.8, 4) is 0 Å². The van der Waals surface area contributed by atoms with Gasteiger partial charge in [-0.15, -0.1) is 0 Å². The molecule has 0 aromatic heterocycles. The van der Waals surface area contributed by atoms with Gasteiger partial charge in [-0.3, -0.25) is 9.59 Å². The molecule has 3 nitrogen and oxygen atoms in total. The number of fused-ring (bicyclic) bond motifs is 7. The minimum Gasteiger partial charge on any atom is -0.462 e. The fourth-order valence-corrected chi connectivity index (χ4v) is 11.3. The minimum absolute atomic E-state index is 0.0131. The molecule has 35 heavy (non-hydrogen) atoms. The molecule has 0 N–H and O–H groups in total. The van der Waals surface area contributed by atoms with Crippen LogP contribution in [0.15, 0.2) is 11.6 Å². The Hall–Kier alpha value is -1.12. The molecule has 0 aromatic rings. The van der Waals surface area contributed by atoms with Gasteiger partial charge < -0.3 is 4.74 Å². The van der Waals surface area contributed by atoms with E-state index < -0.39 is 0 Å². The molecule has 0 amide bonds. The van der Waals surface area contributed by atoms with E-state index in [4.69, 9.17) is 4.74 Å². The van der Waals surface area contributed by atoms with Crippen LogP contribution in [0.5, 0.6) is 0 Å². The quantitative estimate of drug-likeness (QED) is 0.298. The summed E-state index contributed by atoms with van der Waals surface area (Å²) in [6.45, 7) is 21.0. The highest BCUT2D eigenvalue weighted by Crippen LogP contribution is 2.75. The van der Waals surface area contributed by atoms with Gasteiger partial charge in [-0.05, 0) is 90.3 Å². The number of rotatable bonds is 2. The second-order valence-corrected chi connectivity index (χ2v) is 15.2. The Bertz CT molecular complexity index is 960. The summed E-state index contributed by atoms with van der Waals surface area (Å²) in [4.78, 5) is 25.6. The maximum Gasteiger partial charge on any atom is 0.302 e. The van der Waals surface area contributed by atoms with Crippen molar-refractivity contribution in [3.05, 3.63) is 11.6 Å². The fourth-order valence-electron chi connectivity index (χ4n) is 11.3. The number of hydrogen-bond donors (Lipinski definition) is 0. The Morgan fingerprint density at radius 1 is 0.971 bits per heavy atom. The number of ketones is 1. The molecule has 0 aromatic carbocycles. The van der Waals surface area contributed by atoms with Gasteiger partial charge >= 0.3 is 5.97 Å². The molecule has 9 unspecified atom stereocenters. The second kappa shape index (κ2) is 7.70. The molecular weight excluding hydrogens is 432 g/mol. The highest BCUT2D eigenvalue weighted by Gasteiger charge is 2.70. The van der Waals surface area contributed by atoms with Gasteiger partial charge in [0.05, 0.1) is 0 Å².